The van der Waals surface area contributed by atoms with Crippen LogP contribution in [0.1, 0.15) is 49.8 Å². The third-order valence-corrected chi connectivity index (χ3v) is 3.04. The van der Waals surface area contributed by atoms with Gasteiger partial charge in [0.1, 0.15) is 0 Å². The summed E-state index contributed by atoms with van der Waals surface area (Å²) < 4.78 is 0. The van der Waals surface area contributed by atoms with Gasteiger partial charge in [-0.15, -0.1) is 12.4 Å². The summed E-state index contributed by atoms with van der Waals surface area (Å²) in [4.78, 5) is 0. The van der Waals surface area contributed by atoms with Crippen molar-refractivity contribution in [2.45, 2.75) is 38.6 Å². The molecule has 1 heterocycles. The van der Waals surface area contributed by atoms with Crippen LogP contribution in [0.2, 0.25) is 0 Å². The molecule has 1 fully saturated rings. The van der Waals surface area contributed by atoms with E-state index in [1.54, 1.807) is 0 Å². The lowest BCUT2D eigenvalue weighted by Crippen LogP contribution is -2.12. The molecule has 1 aliphatic heterocycles. The van der Waals surface area contributed by atoms with E-state index in [-0.39, 0.29) is 12.4 Å². The Labute approximate surface area is 98.7 Å². The number of rotatable bonds is 2. The van der Waals surface area contributed by atoms with E-state index in [0.29, 0.717) is 12.0 Å². The lowest BCUT2D eigenvalue weighted by molar-refractivity contribution is 0.646. The van der Waals surface area contributed by atoms with E-state index in [1.165, 1.54) is 30.5 Å². The molecular formula is C13H20ClN. The third kappa shape index (κ3) is 2.96. The second kappa shape index (κ2) is 5.53. The van der Waals surface area contributed by atoms with Crippen LogP contribution in [-0.4, -0.2) is 6.54 Å². The van der Waals surface area contributed by atoms with Gasteiger partial charge in [0, 0.05) is 6.04 Å². The Balaban J connectivity index is 0.00000112. The van der Waals surface area contributed by atoms with Crippen LogP contribution in [0.15, 0.2) is 24.3 Å². The SMILES string of the molecule is CC(C)c1cccc([C@@H]2CCCN2)c1.Cl. The molecule has 0 bridgehead atoms. The van der Waals surface area contributed by atoms with Crippen molar-refractivity contribution in [2.75, 3.05) is 6.54 Å². The molecule has 1 nitrogen and oxygen atoms in total. The van der Waals surface area contributed by atoms with Crippen LogP contribution in [0, 0.1) is 0 Å². The lowest BCUT2D eigenvalue weighted by Gasteiger charge is -2.13. The van der Waals surface area contributed by atoms with Gasteiger partial charge in [0.25, 0.3) is 0 Å². The van der Waals surface area contributed by atoms with E-state index in [2.05, 4.69) is 43.4 Å². The largest absolute Gasteiger partial charge is 0.310 e. The molecule has 1 aromatic rings. The average molecular weight is 226 g/mol. The second-order valence-corrected chi connectivity index (χ2v) is 4.47. The van der Waals surface area contributed by atoms with E-state index < -0.39 is 0 Å². The summed E-state index contributed by atoms with van der Waals surface area (Å²) in [6, 6.07) is 9.62. The van der Waals surface area contributed by atoms with Gasteiger partial charge in [-0.2, -0.15) is 0 Å². The van der Waals surface area contributed by atoms with E-state index in [9.17, 15) is 0 Å². The highest BCUT2D eigenvalue weighted by atomic mass is 35.5. The molecule has 2 rings (SSSR count). The van der Waals surface area contributed by atoms with Crippen molar-refractivity contribution in [1.29, 1.82) is 0 Å². The molecule has 0 saturated carbocycles. The van der Waals surface area contributed by atoms with Crippen molar-refractivity contribution in [1.82, 2.24) is 5.32 Å². The van der Waals surface area contributed by atoms with Crippen LogP contribution in [0.3, 0.4) is 0 Å². The van der Waals surface area contributed by atoms with E-state index in [0.717, 1.165) is 0 Å². The average Bonchev–Trinajstić information content (AvgIpc) is 2.71. The quantitative estimate of drug-likeness (QED) is 0.810. The molecule has 0 unspecified atom stereocenters. The minimum atomic E-state index is 0. The summed E-state index contributed by atoms with van der Waals surface area (Å²) in [5, 5.41) is 3.54. The maximum Gasteiger partial charge on any atom is 0.0320 e. The van der Waals surface area contributed by atoms with Crippen LogP contribution < -0.4 is 5.32 Å². The van der Waals surface area contributed by atoms with Crippen molar-refractivity contribution in [3.63, 3.8) is 0 Å². The molecule has 84 valence electrons. The topological polar surface area (TPSA) is 12.0 Å². The Bertz CT molecular complexity index is 303. The summed E-state index contributed by atoms with van der Waals surface area (Å²) >= 11 is 0. The Morgan fingerprint density at radius 1 is 1.33 bits per heavy atom. The highest BCUT2D eigenvalue weighted by Crippen LogP contribution is 2.25. The van der Waals surface area contributed by atoms with Crippen LogP contribution in [0.4, 0.5) is 0 Å². The number of nitrogens with one attached hydrogen (secondary N) is 1. The van der Waals surface area contributed by atoms with E-state index >= 15 is 0 Å². The number of halogens is 1. The summed E-state index contributed by atoms with van der Waals surface area (Å²) in [5.41, 5.74) is 2.92. The Hall–Kier alpha value is -0.530. The van der Waals surface area contributed by atoms with Gasteiger partial charge in [0.15, 0.2) is 0 Å². The van der Waals surface area contributed by atoms with E-state index in [4.69, 9.17) is 0 Å². The fourth-order valence-electron chi connectivity index (χ4n) is 2.10. The summed E-state index contributed by atoms with van der Waals surface area (Å²) in [7, 11) is 0. The molecular weight excluding hydrogens is 206 g/mol. The molecule has 0 radical (unpaired) electrons. The van der Waals surface area contributed by atoms with Crippen LogP contribution >= 0.6 is 12.4 Å². The van der Waals surface area contributed by atoms with Crippen molar-refractivity contribution in [3.05, 3.63) is 35.4 Å². The van der Waals surface area contributed by atoms with Gasteiger partial charge in [-0.25, -0.2) is 0 Å². The summed E-state index contributed by atoms with van der Waals surface area (Å²) in [6.45, 7) is 5.68. The van der Waals surface area contributed by atoms with Crippen LogP contribution in [-0.2, 0) is 0 Å². The molecule has 15 heavy (non-hydrogen) atoms. The molecule has 2 heteroatoms. The number of hydrogen-bond acceptors (Lipinski definition) is 1. The van der Waals surface area contributed by atoms with E-state index in [1.807, 2.05) is 0 Å². The van der Waals surface area contributed by atoms with Gasteiger partial charge in [0.05, 0.1) is 0 Å². The molecule has 1 N–H and O–H groups in total. The first kappa shape index (κ1) is 12.5. The number of benzene rings is 1. The minimum Gasteiger partial charge on any atom is -0.310 e. The van der Waals surface area contributed by atoms with Gasteiger partial charge in [-0.05, 0) is 36.4 Å². The Morgan fingerprint density at radius 2 is 2.13 bits per heavy atom. The maximum absolute atomic E-state index is 3.54. The highest BCUT2D eigenvalue weighted by molar-refractivity contribution is 5.85. The van der Waals surface area contributed by atoms with Crippen LogP contribution in [0.25, 0.3) is 0 Å². The lowest BCUT2D eigenvalue weighted by atomic mass is 9.97. The normalized spacial score (nSPS) is 20.3. The first-order valence-electron chi connectivity index (χ1n) is 5.60. The number of hydrogen-bond donors (Lipinski definition) is 1. The monoisotopic (exact) mass is 225 g/mol. The highest BCUT2D eigenvalue weighted by Gasteiger charge is 2.16. The fourth-order valence-corrected chi connectivity index (χ4v) is 2.10. The second-order valence-electron chi connectivity index (χ2n) is 4.47. The minimum absolute atomic E-state index is 0. The molecule has 0 amide bonds. The van der Waals surface area contributed by atoms with Crippen molar-refractivity contribution in [2.24, 2.45) is 0 Å². The predicted molar refractivity (Wildman–Crippen MR) is 67.8 cm³/mol. The predicted octanol–water partition coefficient (Wildman–Crippen LogP) is 3.66. The molecule has 0 aromatic heterocycles. The zero-order valence-electron chi connectivity index (χ0n) is 9.49. The maximum atomic E-state index is 3.54. The van der Waals surface area contributed by atoms with Crippen molar-refractivity contribution < 1.29 is 0 Å². The first-order chi connectivity index (χ1) is 6.77. The fraction of sp³-hybridized carbons (Fsp3) is 0.538. The standard InChI is InChI=1S/C13H19N.ClH/c1-10(2)11-5-3-6-12(9-11)13-7-4-8-14-13;/h3,5-6,9-10,13-14H,4,7-8H2,1-2H3;1H/t13-;/m0./s1. The third-order valence-electron chi connectivity index (χ3n) is 3.04. The van der Waals surface area contributed by atoms with Gasteiger partial charge in [-0.1, -0.05) is 38.1 Å². The Kier molecular flexibility index (Phi) is 4.62. The first-order valence-corrected chi connectivity index (χ1v) is 5.60. The molecule has 1 aliphatic rings. The van der Waals surface area contributed by atoms with Gasteiger partial charge in [-0.3, -0.25) is 0 Å². The van der Waals surface area contributed by atoms with Gasteiger partial charge in [0.2, 0.25) is 0 Å². The van der Waals surface area contributed by atoms with Crippen LogP contribution in [0.5, 0.6) is 0 Å². The summed E-state index contributed by atoms with van der Waals surface area (Å²) in [5.74, 6) is 0.636. The van der Waals surface area contributed by atoms with Crippen molar-refractivity contribution in [3.8, 4) is 0 Å². The molecule has 0 spiro atoms. The molecule has 1 atom stereocenters. The van der Waals surface area contributed by atoms with Crippen molar-refractivity contribution >= 4 is 12.4 Å². The summed E-state index contributed by atoms with van der Waals surface area (Å²) in [6.07, 6.45) is 2.61. The zero-order valence-corrected chi connectivity index (χ0v) is 10.3. The van der Waals surface area contributed by atoms with Gasteiger partial charge >= 0.3 is 0 Å². The van der Waals surface area contributed by atoms with Gasteiger partial charge < -0.3 is 5.32 Å². The smallest absolute Gasteiger partial charge is 0.0320 e. The molecule has 1 saturated heterocycles. The molecule has 0 aliphatic carbocycles. The molecule has 1 aromatic carbocycles. The zero-order chi connectivity index (χ0) is 9.97. The Morgan fingerprint density at radius 3 is 2.73 bits per heavy atom.